The third-order valence-electron chi connectivity index (χ3n) is 4.01. The predicted molar refractivity (Wildman–Crippen MR) is 92.1 cm³/mol. The molecule has 0 saturated carbocycles. The Morgan fingerprint density at radius 1 is 0.962 bits per heavy atom. The number of alkyl halides is 3. The zero-order valence-corrected chi connectivity index (χ0v) is 14.9. The first kappa shape index (κ1) is 19.9. The average Bonchev–Trinajstić information content (AvgIpc) is 2.53. The van der Waals surface area contributed by atoms with Crippen molar-refractivity contribution in [2.24, 2.45) is 0 Å². The predicted octanol–water partition coefficient (Wildman–Crippen LogP) is 5.00. The molecule has 0 unspecified atom stereocenters. The number of nitrogens with one attached hydrogen (secondary N) is 1. The standard InChI is InChI=1S/C20H21F4NO/c1-19(2,3)15-7-4-13(5-8-15)12-25-18(26)11-14-6-9-17(21)16(10-14)20(22,23)24/h4-10H,11-12H2,1-3H3,(H,25,26). The zero-order chi connectivity index (χ0) is 19.5. The SMILES string of the molecule is CC(C)(C)c1ccc(CNC(=O)Cc2ccc(F)c(C(F)(F)F)c2)cc1. The van der Waals surface area contributed by atoms with Crippen LogP contribution in [0.1, 0.15) is 43.0 Å². The van der Waals surface area contributed by atoms with Crippen molar-refractivity contribution < 1.29 is 22.4 Å². The second kappa shape index (κ2) is 7.48. The van der Waals surface area contributed by atoms with Gasteiger partial charge < -0.3 is 5.32 Å². The van der Waals surface area contributed by atoms with Crippen LogP contribution in [0.5, 0.6) is 0 Å². The van der Waals surface area contributed by atoms with Crippen LogP contribution in [0.2, 0.25) is 0 Å². The first-order valence-electron chi connectivity index (χ1n) is 8.18. The molecule has 6 heteroatoms. The Morgan fingerprint density at radius 3 is 2.08 bits per heavy atom. The maximum absolute atomic E-state index is 13.3. The van der Waals surface area contributed by atoms with Crippen LogP contribution in [0.3, 0.4) is 0 Å². The quantitative estimate of drug-likeness (QED) is 0.757. The molecule has 0 atom stereocenters. The molecule has 0 aliphatic heterocycles. The Balaban J connectivity index is 1.97. The summed E-state index contributed by atoms with van der Waals surface area (Å²) in [6, 6.07) is 10.4. The lowest BCUT2D eigenvalue weighted by Crippen LogP contribution is -2.25. The number of benzene rings is 2. The molecule has 140 valence electrons. The van der Waals surface area contributed by atoms with Crippen LogP contribution in [-0.2, 0) is 29.4 Å². The van der Waals surface area contributed by atoms with Gasteiger partial charge in [-0.15, -0.1) is 0 Å². The molecule has 0 spiro atoms. The van der Waals surface area contributed by atoms with Crippen molar-refractivity contribution in [3.05, 3.63) is 70.5 Å². The summed E-state index contributed by atoms with van der Waals surface area (Å²) in [6.45, 7) is 6.57. The Morgan fingerprint density at radius 2 is 1.54 bits per heavy atom. The summed E-state index contributed by atoms with van der Waals surface area (Å²) in [5.74, 6) is -1.77. The monoisotopic (exact) mass is 367 g/mol. The fraction of sp³-hybridized carbons (Fsp3) is 0.350. The lowest BCUT2D eigenvalue weighted by molar-refractivity contribution is -0.140. The van der Waals surface area contributed by atoms with E-state index in [0.29, 0.717) is 6.07 Å². The van der Waals surface area contributed by atoms with Crippen LogP contribution < -0.4 is 5.32 Å². The molecule has 2 aromatic rings. The van der Waals surface area contributed by atoms with E-state index < -0.39 is 23.5 Å². The molecule has 2 aromatic carbocycles. The Labute approximate surface area is 150 Å². The van der Waals surface area contributed by atoms with Crippen LogP contribution in [-0.4, -0.2) is 5.91 Å². The summed E-state index contributed by atoms with van der Waals surface area (Å²) in [5, 5.41) is 2.66. The van der Waals surface area contributed by atoms with Crippen LogP contribution in [0, 0.1) is 5.82 Å². The highest BCUT2D eigenvalue weighted by molar-refractivity contribution is 5.78. The zero-order valence-electron chi connectivity index (χ0n) is 14.9. The largest absolute Gasteiger partial charge is 0.419 e. The van der Waals surface area contributed by atoms with Crippen molar-refractivity contribution in [1.82, 2.24) is 5.32 Å². The van der Waals surface area contributed by atoms with E-state index in [1.807, 2.05) is 24.3 Å². The van der Waals surface area contributed by atoms with Crippen molar-refractivity contribution >= 4 is 5.91 Å². The minimum atomic E-state index is -4.79. The minimum Gasteiger partial charge on any atom is -0.352 e. The maximum atomic E-state index is 13.3. The van der Waals surface area contributed by atoms with Gasteiger partial charge in [0.05, 0.1) is 12.0 Å². The van der Waals surface area contributed by atoms with E-state index in [-0.39, 0.29) is 23.9 Å². The molecule has 0 saturated heterocycles. The molecule has 2 nitrogen and oxygen atoms in total. The Kier molecular flexibility index (Phi) is 5.74. The molecule has 0 fully saturated rings. The van der Waals surface area contributed by atoms with Gasteiger partial charge in [0.2, 0.25) is 5.91 Å². The number of carbonyl (C=O) groups is 1. The third kappa shape index (κ3) is 5.31. The first-order chi connectivity index (χ1) is 12.0. The first-order valence-corrected chi connectivity index (χ1v) is 8.18. The number of carbonyl (C=O) groups excluding carboxylic acids is 1. The number of amides is 1. The fourth-order valence-corrected chi connectivity index (χ4v) is 2.47. The molecule has 0 bridgehead atoms. The van der Waals surface area contributed by atoms with E-state index in [0.717, 1.165) is 11.6 Å². The topological polar surface area (TPSA) is 29.1 Å². The molecule has 1 N–H and O–H groups in total. The van der Waals surface area contributed by atoms with E-state index in [1.54, 1.807) is 0 Å². The molecule has 0 radical (unpaired) electrons. The van der Waals surface area contributed by atoms with Gasteiger partial charge in [0.15, 0.2) is 0 Å². The molecule has 0 aromatic heterocycles. The van der Waals surface area contributed by atoms with Crippen molar-refractivity contribution in [2.45, 2.75) is 45.3 Å². The van der Waals surface area contributed by atoms with Crippen LogP contribution in [0.4, 0.5) is 17.6 Å². The molecule has 1 amide bonds. The third-order valence-corrected chi connectivity index (χ3v) is 4.01. The summed E-state index contributed by atoms with van der Waals surface area (Å²) in [6.07, 6.45) is -5.03. The summed E-state index contributed by atoms with van der Waals surface area (Å²) in [5.41, 5.74) is 0.834. The van der Waals surface area contributed by atoms with Crippen LogP contribution in [0.15, 0.2) is 42.5 Å². The van der Waals surface area contributed by atoms with E-state index in [2.05, 4.69) is 26.1 Å². The van der Waals surface area contributed by atoms with E-state index in [1.165, 1.54) is 11.6 Å². The molecule has 0 heterocycles. The average molecular weight is 367 g/mol. The van der Waals surface area contributed by atoms with Gasteiger partial charge in [-0.05, 0) is 34.2 Å². The van der Waals surface area contributed by atoms with Gasteiger partial charge >= 0.3 is 6.18 Å². The van der Waals surface area contributed by atoms with Gasteiger partial charge in [0.1, 0.15) is 5.82 Å². The second-order valence-corrected chi connectivity index (χ2v) is 7.21. The lowest BCUT2D eigenvalue weighted by Gasteiger charge is -2.19. The van der Waals surface area contributed by atoms with Gasteiger partial charge in [0.25, 0.3) is 0 Å². The van der Waals surface area contributed by atoms with Gasteiger partial charge in [-0.3, -0.25) is 4.79 Å². The van der Waals surface area contributed by atoms with Crippen molar-refractivity contribution in [2.75, 3.05) is 0 Å². The van der Waals surface area contributed by atoms with E-state index in [4.69, 9.17) is 0 Å². The summed E-state index contributed by atoms with van der Waals surface area (Å²) in [7, 11) is 0. The van der Waals surface area contributed by atoms with Gasteiger partial charge in [-0.25, -0.2) is 4.39 Å². The van der Waals surface area contributed by atoms with Gasteiger partial charge in [0, 0.05) is 6.54 Å². The fourth-order valence-electron chi connectivity index (χ4n) is 2.47. The van der Waals surface area contributed by atoms with E-state index >= 15 is 0 Å². The molecular weight excluding hydrogens is 346 g/mol. The summed E-state index contributed by atoms with van der Waals surface area (Å²) in [4.78, 5) is 12.0. The summed E-state index contributed by atoms with van der Waals surface area (Å²) < 4.78 is 51.4. The van der Waals surface area contributed by atoms with Gasteiger partial charge in [-0.1, -0.05) is 51.1 Å². The van der Waals surface area contributed by atoms with Crippen LogP contribution >= 0.6 is 0 Å². The second-order valence-electron chi connectivity index (χ2n) is 7.21. The molecule has 0 aliphatic rings. The maximum Gasteiger partial charge on any atom is 0.419 e. The number of rotatable bonds is 4. The van der Waals surface area contributed by atoms with Crippen molar-refractivity contribution in [1.29, 1.82) is 0 Å². The minimum absolute atomic E-state index is 0.0283. The highest BCUT2D eigenvalue weighted by Crippen LogP contribution is 2.32. The van der Waals surface area contributed by atoms with Crippen molar-refractivity contribution in [3.8, 4) is 0 Å². The van der Waals surface area contributed by atoms with Gasteiger partial charge in [-0.2, -0.15) is 13.2 Å². The lowest BCUT2D eigenvalue weighted by atomic mass is 9.87. The van der Waals surface area contributed by atoms with Crippen molar-refractivity contribution in [3.63, 3.8) is 0 Å². The highest BCUT2D eigenvalue weighted by Gasteiger charge is 2.34. The Hall–Kier alpha value is -2.37. The molecule has 26 heavy (non-hydrogen) atoms. The molecule has 0 aliphatic carbocycles. The number of halogens is 4. The van der Waals surface area contributed by atoms with E-state index in [9.17, 15) is 22.4 Å². The Bertz CT molecular complexity index is 774. The normalized spacial score (nSPS) is 12.1. The highest BCUT2D eigenvalue weighted by atomic mass is 19.4. The summed E-state index contributed by atoms with van der Waals surface area (Å²) >= 11 is 0. The molecule has 2 rings (SSSR count). The number of hydrogen-bond acceptors (Lipinski definition) is 1. The number of hydrogen-bond donors (Lipinski definition) is 1. The molecular formula is C20H21F4NO. The van der Waals surface area contributed by atoms with Crippen LogP contribution in [0.25, 0.3) is 0 Å². The smallest absolute Gasteiger partial charge is 0.352 e.